The molecule has 1 fully saturated rings. The molecule has 1 saturated heterocycles. The third kappa shape index (κ3) is 4.82. The van der Waals surface area contributed by atoms with Crippen LogP contribution in [0.15, 0.2) is 24.3 Å². The predicted molar refractivity (Wildman–Crippen MR) is 91.7 cm³/mol. The fraction of sp³-hybridized carbons (Fsp3) is 0.684. The smallest absolute Gasteiger partial charge is 0.0449 e. The molecule has 1 aromatic carbocycles. The van der Waals surface area contributed by atoms with Gasteiger partial charge in [0.15, 0.2) is 0 Å². The Balaban J connectivity index is 2.07. The second-order valence-electron chi connectivity index (χ2n) is 6.46. The maximum absolute atomic E-state index is 3.69. The Labute approximate surface area is 130 Å². The van der Waals surface area contributed by atoms with E-state index in [1.54, 1.807) is 0 Å². The van der Waals surface area contributed by atoms with Gasteiger partial charge in [-0.2, -0.15) is 0 Å². The van der Waals surface area contributed by atoms with Crippen molar-refractivity contribution >= 4 is 0 Å². The second kappa shape index (κ2) is 8.55. The molecule has 2 heteroatoms. The van der Waals surface area contributed by atoms with Crippen molar-refractivity contribution in [3.63, 3.8) is 0 Å². The lowest BCUT2D eigenvalue weighted by Gasteiger charge is -2.38. The number of hydrogen-bond acceptors (Lipinski definition) is 2. The van der Waals surface area contributed by atoms with Gasteiger partial charge in [0.1, 0.15) is 0 Å². The summed E-state index contributed by atoms with van der Waals surface area (Å²) < 4.78 is 0. The number of rotatable bonds is 7. The van der Waals surface area contributed by atoms with Crippen molar-refractivity contribution in [2.45, 2.75) is 65.0 Å². The van der Waals surface area contributed by atoms with Crippen LogP contribution in [0.1, 0.15) is 63.1 Å². The van der Waals surface area contributed by atoms with Gasteiger partial charge >= 0.3 is 0 Å². The van der Waals surface area contributed by atoms with Crippen LogP contribution >= 0.6 is 0 Å². The van der Waals surface area contributed by atoms with Crippen molar-refractivity contribution in [2.24, 2.45) is 0 Å². The quantitative estimate of drug-likeness (QED) is 0.804. The van der Waals surface area contributed by atoms with Gasteiger partial charge in [0.25, 0.3) is 0 Å². The van der Waals surface area contributed by atoms with E-state index < -0.39 is 0 Å². The van der Waals surface area contributed by atoms with Gasteiger partial charge in [-0.15, -0.1) is 0 Å². The fourth-order valence-corrected chi connectivity index (χ4v) is 3.62. The van der Waals surface area contributed by atoms with E-state index in [9.17, 15) is 0 Å². The van der Waals surface area contributed by atoms with E-state index >= 15 is 0 Å². The summed E-state index contributed by atoms with van der Waals surface area (Å²) in [5, 5.41) is 3.69. The normalized spacial score (nSPS) is 21.4. The zero-order chi connectivity index (χ0) is 15.1. The fourth-order valence-electron chi connectivity index (χ4n) is 3.62. The summed E-state index contributed by atoms with van der Waals surface area (Å²) in [7, 11) is 0. The van der Waals surface area contributed by atoms with Gasteiger partial charge in [0, 0.05) is 18.6 Å². The minimum absolute atomic E-state index is 0.465. The number of piperidine rings is 1. The first-order valence-corrected chi connectivity index (χ1v) is 8.78. The Hall–Kier alpha value is -0.860. The molecule has 2 unspecified atom stereocenters. The molecule has 0 aromatic heterocycles. The highest BCUT2D eigenvalue weighted by atomic mass is 15.2. The van der Waals surface area contributed by atoms with Crippen LogP contribution in [-0.4, -0.2) is 30.6 Å². The molecule has 0 aliphatic carbocycles. The molecule has 1 heterocycles. The molecule has 1 aliphatic rings. The summed E-state index contributed by atoms with van der Waals surface area (Å²) >= 11 is 0. The van der Waals surface area contributed by atoms with Crippen LogP contribution in [0.3, 0.4) is 0 Å². The number of aryl methyl sites for hydroxylation is 1. The standard InChI is InChI=1S/C19H32N2/c1-4-9-18-12-6-7-13-21(18)15-19(20-5-2)17-11-8-10-16(3)14-17/h8,10-11,14,18-20H,4-7,9,12-13,15H2,1-3H3. The van der Waals surface area contributed by atoms with E-state index in [0.717, 1.165) is 19.1 Å². The van der Waals surface area contributed by atoms with Crippen LogP contribution in [0.25, 0.3) is 0 Å². The third-order valence-electron chi connectivity index (χ3n) is 4.68. The number of nitrogens with one attached hydrogen (secondary N) is 1. The van der Waals surface area contributed by atoms with Gasteiger partial charge in [0.05, 0.1) is 0 Å². The van der Waals surface area contributed by atoms with Gasteiger partial charge in [-0.3, -0.25) is 4.90 Å². The highest BCUT2D eigenvalue weighted by molar-refractivity contribution is 5.25. The highest BCUT2D eigenvalue weighted by Gasteiger charge is 2.24. The Morgan fingerprint density at radius 1 is 1.29 bits per heavy atom. The number of nitrogens with zero attached hydrogens (tertiary/aromatic N) is 1. The average molecular weight is 288 g/mol. The van der Waals surface area contributed by atoms with E-state index in [0.29, 0.717) is 6.04 Å². The lowest BCUT2D eigenvalue weighted by Crippen LogP contribution is -2.44. The minimum Gasteiger partial charge on any atom is -0.309 e. The van der Waals surface area contributed by atoms with Crippen LogP contribution in [-0.2, 0) is 0 Å². The summed E-state index contributed by atoms with van der Waals surface area (Å²) in [6.45, 7) is 10.2. The van der Waals surface area contributed by atoms with Gasteiger partial charge in [0.2, 0.25) is 0 Å². The summed E-state index contributed by atoms with van der Waals surface area (Å²) in [5.74, 6) is 0. The van der Waals surface area contributed by atoms with E-state index in [1.165, 1.54) is 49.8 Å². The SMILES string of the molecule is CCCC1CCCCN1CC(NCC)c1cccc(C)c1. The molecule has 1 N–H and O–H groups in total. The van der Waals surface area contributed by atoms with Crippen LogP contribution < -0.4 is 5.32 Å². The molecular weight excluding hydrogens is 256 g/mol. The lowest BCUT2D eigenvalue weighted by molar-refractivity contribution is 0.125. The van der Waals surface area contributed by atoms with Crippen LogP contribution in [0.5, 0.6) is 0 Å². The molecule has 2 nitrogen and oxygen atoms in total. The maximum atomic E-state index is 3.69. The molecule has 2 rings (SSSR count). The van der Waals surface area contributed by atoms with E-state index in [-0.39, 0.29) is 0 Å². The average Bonchev–Trinajstić information content (AvgIpc) is 2.49. The van der Waals surface area contributed by atoms with Crippen molar-refractivity contribution in [1.29, 1.82) is 0 Å². The highest BCUT2D eigenvalue weighted by Crippen LogP contribution is 2.24. The Kier molecular flexibility index (Phi) is 6.72. The second-order valence-corrected chi connectivity index (χ2v) is 6.46. The third-order valence-corrected chi connectivity index (χ3v) is 4.68. The minimum atomic E-state index is 0.465. The summed E-state index contributed by atoms with van der Waals surface area (Å²) in [5.41, 5.74) is 2.80. The van der Waals surface area contributed by atoms with Crippen molar-refractivity contribution in [3.05, 3.63) is 35.4 Å². The molecule has 0 saturated carbocycles. The van der Waals surface area contributed by atoms with Crippen LogP contribution in [0, 0.1) is 6.92 Å². The Morgan fingerprint density at radius 3 is 2.86 bits per heavy atom. The molecule has 2 atom stereocenters. The predicted octanol–water partition coefficient (Wildman–Crippen LogP) is 4.30. The number of likely N-dealkylation sites (tertiary alicyclic amines) is 1. The summed E-state index contributed by atoms with van der Waals surface area (Å²) in [6.07, 6.45) is 6.83. The molecule has 0 bridgehead atoms. The van der Waals surface area contributed by atoms with Gasteiger partial charge in [-0.1, -0.05) is 56.5 Å². The monoisotopic (exact) mass is 288 g/mol. The van der Waals surface area contributed by atoms with E-state index in [4.69, 9.17) is 0 Å². The molecule has 0 spiro atoms. The maximum Gasteiger partial charge on any atom is 0.0449 e. The van der Waals surface area contributed by atoms with E-state index in [1.807, 2.05) is 0 Å². The zero-order valence-electron chi connectivity index (χ0n) is 14.1. The lowest BCUT2D eigenvalue weighted by atomic mass is 9.96. The van der Waals surface area contributed by atoms with Crippen LogP contribution in [0.2, 0.25) is 0 Å². The van der Waals surface area contributed by atoms with Gasteiger partial charge in [-0.25, -0.2) is 0 Å². The topological polar surface area (TPSA) is 15.3 Å². The molecular formula is C19H32N2. The molecule has 0 amide bonds. The van der Waals surface area contributed by atoms with Crippen molar-refractivity contribution in [3.8, 4) is 0 Å². The number of hydrogen-bond donors (Lipinski definition) is 1. The number of likely N-dealkylation sites (N-methyl/N-ethyl adjacent to an activating group) is 1. The Bertz CT molecular complexity index is 414. The molecule has 1 aliphatic heterocycles. The van der Waals surface area contributed by atoms with E-state index in [2.05, 4.69) is 55.3 Å². The largest absolute Gasteiger partial charge is 0.309 e. The molecule has 21 heavy (non-hydrogen) atoms. The summed E-state index contributed by atoms with van der Waals surface area (Å²) in [6, 6.07) is 10.3. The van der Waals surface area contributed by atoms with Crippen molar-refractivity contribution in [2.75, 3.05) is 19.6 Å². The molecule has 1 aromatic rings. The Morgan fingerprint density at radius 2 is 2.14 bits per heavy atom. The first kappa shape index (κ1) is 16.5. The molecule has 118 valence electrons. The first-order chi connectivity index (χ1) is 10.2. The zero-order valence-corrected chi connectivity index (χ0v) is 14.1. The first-order valence-electron chi connectivity index (χ1n) is 8.78. The van der Waals surface area contributed by atoms with Gasteiger partial charge < -0.3 is 5.32 Å². The van der Waals surface area contributed by atoms with Crippen molar-refractivity contribution < 1.29 is 0 Å². The van der Waals surface area contributed by atoms with Gasteiger partial charge in [-0.05, 0) is 44.8 Å². The number of benzene rings is 1. The van der Waals surface area contributed by atoms with Crippen molar-refractivity contribution in [1.82, 2.24) is 10.2 Å². The molecule has 0 radical (unpaired) electrons. The summed E-state index contributed by atoms with van der Waals surface area (Å²) in [4.78, 5) is 2.74. The van der Waals surface area contributed by atoms with Crippen LogP contribution in [0.4, 0.5) is 0 Å².